The van der Waals surface area contributed by atoms with Gasteiger partial charge in [0.1, 0.15) is 11.6 Å². The number of rotatable bonds is 5. The highest BCUT2D eigenvalue weighted by molar-refractivity contribution is 6.10. The van der Waals surface area contributed by atoms with Crippen LogP contribution < -0.4 is 10.2 Å². The highest BCUT2D eigenvalue weighted by Crippen LogP contribution is 2.29. The summed E-state index contributed by atoms with van der Waals surface area (Å²) in [4.78, 5) is 25.6. The van der Waals surface area contributed by atoms with Gasteiger partial charge in [0.15, 0.2) is 0 Å². The van der Waals surface area contributed by atoms with E-state index in [2.05, 4.69) is 5.32 Å². The molecule has 0 spiro atoms. The smallest absolute Gasteiger partial charge is 0.270 e. The van der Waals surface area contributed by atoms with E-state index >= 15 is 0 Å². The number of ether oxygens (including phenoxy) is 1. The molecule has 1 aliphatic rings. The van der Waals surface area contributed by atoms with E-state index in [1.165, 1.54) is 18.2 Å². The lowest BCUT2D eigenvalue weighted by molar-refractivity contribution is -0.384. The summed E-state index contributed by atoms with van der Waals surface area (Å²) in [6.07, 6.45) is 1.40. The van der Waals surface area contributed by atoms with E-state index in [4.69, 9.17) is 4.74 Å². The van der Waals surface area contributed by atoms with E-state index in [1.54, 1.807) is 12.1 Å². The number of carbonyl (C=O) groups is 1. The molecular weight excluding hydrogens is 408 g/mol. The first-order valence-electron chi connectivity index (χ1n) is 10.1. The zero-order valence-electron chi connectivity index (χ0n) is 17.2. The van der Waals surface area contributed by atoms with Gasteiger partial charge in [0.05, 0.1) is 18.1 Å². The summed E-state index contributed by atoms with van der Waals surface area (Å²) in [6, 6.07) is 19.6. The SMILES string of the molecule is N#C/C(=C\c1cc([N+](=O)[O-])ccc1N1CCOCC1)C(=O)Nc1ccc2ccccc2c1. The second kappa shape index (κ2) is 9.29. The molecule has 8 nitrogen and oxygen atoms in total. The lowest BCUT2D eigenvalue weighted by Gasteiger charge is -2.30. The zero-order valence-corrected chi connectivity index (χ0v) is 17.2. The second-order valence-electron chi connectivity index (χ2n) is 7.29. The Labute approximate surface area is 184 Å². The van der Waals surface area contributed by atoms with Crippen molar-refractivity contribution < 1.29 is 14.5 Å². The number of benzene rings is 3. The molecular formula is C24H20N4O4. The van der Waals surface area contributed by atoms with Crippen LogP contribution in [0.4, 0.5) is 17.1 Å². The van der Waals surface area contributed by atoms with E-state index in [0.29, 0.717) is 43.2 Å². The molecule has 32 heavy (non-hydrogen) atoms. The summed E-state index contributed by atoms with van der Waals surface area (Å²) in [5, 5.41) is 25.7. The Kier molecular flexibility index (Phi) is 6.10. The van der Waals surface area contributed by atoms with Crippen LogP contribution in [-0.2, 0) is 9.53 Å². The van der Waals surface area contributed by atoms with Gasteiger partial charge in [-0.25, -0.2) is 0 Å². The number of anilines is 2. The van der Waals surface area contributed by atoms with E-state index in [9.17, 15) is 20.2 Å². The fourth-order valence-corrected chi connectivity index (χ4v) is 3.63. The minimum Gasteiger partial charge on any atom is -0.378 e. The van der Waals surface area contributed by atoms with Gasteiger partial charge in [-0.15, -0.1) is 0 Å². The Bertz CT molecular complexity index is 1260. The minimum atomic E-state index is -0.581. The number of morpholine rings is 1. The first-order valence-corrected chi connectivity index (χ1v) is 10.1. The monoisotopic (exact) mass is 428 g/mol. The molecule has 4 rings (SSSR count). The van der Waals surface area contributed by atoms with Gasteiger partial charge in [0.25, 0.3) is 11.6 Å². The van der Waals surface area contributed by atoms with Crippen LogP contribution in [0.5, 0.6) is 0 Å². The van der Waals surface area contributed by atoms with Crippen molar-refractivity contribution in [3.8, 4) is 6.07 Å². The lowest BCUT2D eigenvalue weighted by Crippen LogP contribution is -2.36. The van der Waals surface area contributed by atoms with Gasteiger partial charge in [-0.3, -0.25) is 14.9 Å². The van der Waals surface area contributed by atoms with Crippen molar-refractivity contribution in [2.45, 2.75) is 0 Å². The van der Waals surface area contributed by atoms with Crippen molar-refractivity contribution in [2.24, 2.45) is 0 Å². The number of fused-ring (bicyclic) bond motifs is 1. The van der Waals surface area contributed by atoms with E-state index < -0.39 is 10.8 Å². The molecule has 0 aromatic heterocycles. The Hall–Kier alpha value is -4.22. The van der Waals surface area contributed by atoms with Crippen LogP contribution in [0.2, 0.25) is 0 Å². The first-order chi connectivity index (χ1) is 15.5. The van der Waals surface area contributed by atoms with E-state index in [1.807, 2.05) is 47.4 Å². The number of nitrogens with one attached hydrogen (secondary N) is 1. The third-order valence-corrected chi connectivity index (χ3v) is 5.25. The number of nitrogens with zero attached hydrogens (tertiary/aromatic N) is 3. The fraction of sp³-hybridized carbons (Fsp3) is 0.167. The summed E-state index contributed by atoms with van der Waals surface area (Å²) in [5.74, 6) is -0.581. The number of hydrogen-bond donors (Lipinski definition) is 1. The van der Waals surface area contributed by atoms with Crippen molar-refractivity contribution in [3.05, 3.63) is 81.9 Å². The molecule has 0 unspecified atom stereocenters. The Morgan fingerprint density at radius 3 is 2.56 bits per heavy atom. The van der Waals surface area contributed by atoms with Crippen molar-refractivity contribution in [1.82, 2.24) is 0 Å². The first kappa shape index (κ1) is 21.0. The van der Waals surface area contributed by atoms with Crippen molar-refractivity contribution in [3.63, 3.8) is 0 Å². The maximum atomic E-state index is 12.8. The quantitative estimate of drug-likeness (QED) is 0.283. The number of nitro groups is 1. The molecule has 1 fully saturated rings. The predicted molar refractivity (Wildman–Crippen MR) is 122 cm³/mol. The molecule has 0 saturated carbocycles. The molecule has 0 radical (unpaired) electrons. The van der Waals surface area contributed by atoms with Gasteiger partial charge in [-0.1, -0.05) is 30.3 Å². The van der Waals surface area contributed by atoms with Crippen LogP contribution in [-0.4, -0.2) is 37.1 Å². The third kappa shape index (κ3) is 4.58. The molecule has 0 atom stereocenters. The van der Waals surface area contributed by atoms with E-state index in [0.717, 1.165) is 10.8 Å². The molecule has 8 heteroatoms. The lowest BCUT2D eigenvalue weighted by atomic mass is 10.1. The van der Waals surface area contributed by atoms with Crippen LogP contribution in [0.3, 0.4) is 0 Å². The topological polar surface area (TPSA) is 108 Å². The van der Waals surface area contributed by atoms with Crippen LogP contribution in [0.15, 0.2) is 66.2 Å². The molecule has 1 heterocycles. The highest BCUT2D eigenvalue weighted by Gasteiger charge is 2.19. The number of nitriles is 1. The number of carbonyl (C=O) groups excluding carboxylic acids is 1. The molecule has 0 bridgehead atoms. The maximum Gasteiger partial charge on any atom is 0.270 e. The summed E-state index contributed by atoms with van der Waals surface area (Å²) < 4.78 is 5.38. The molecule has 1 amide bonds. The van der Waals surface area contributed by atoms with Crippen molar-refractivity contribution >= 4 is 39.8 Å². The average molecular weight is 428 g/mol. The number of non-ortho nitro benzene ring substituents is 1. The Balaban J connectivity index is 1.66. The zero-order chi connectivity index (χ0) is 22.5. The number of nitro benzene ring substituents is 1. The molecule has 1 N–H and O–H groups in total. The van der Waals surface area contributed by atoms with Crippen molar-refractivity contribution in [2.75, 3.05) is 36.5 Å². The minimum absolute atomic E-state index is 0.111. The number of amides is 1. The normalized spacial score (nSPS) is 14.1. The molecule has 3 aromatic rings. The molecule has 3 aromatic carbocycles. The molecule has 0 aliphatic carbocycles. The van der Waals surface area contributed by atoms with Crippen LogP contribution in [0.1, 0.15) is 5.56 Å². The second-order valence-corrected chi connectivity index (χ2v) is 7.29. The van der Waals surface area contributed by atoms with Crippen LogP contribution >= 0.6 is 0 Å². The summed E-state index contributed by atoms with van der Waals surface area (Å²) in [6.45, 7) is 2.30. The summed E-state index contributed by atoms with van der Waals surface area (Å²) in [5.41, 5.74) is 1.45. The predicted octanol–water partition coefficient (Wildman–Crippen LogP) is 4.13. The van der Waals surface area contributed by atoms with Crippen LogP contribution in [0, 0.1) is 21.4 Å². The summed E-state index contributed by atoms with van der Waals surface area (Å²) in [7, 11) is 0. The summed E-state index contributed by atoms with van der Waals surface area (Å²) >= 11 is 0. The maximum absolute atomic E-state index is 12.8. The van der Waals surface area contributed by atoms with Crippen molar-refractivity contribution in [1.29, 1.82) is 5.26 Å². The highest BCUT2D eigenvalue weighted by atomic mass is 16.6. The van der Waals surface area contributed by atoms with Gasteiger partial charge >= 0.3 is 0 Å². The Morgan fingerprint density at radius 1 is 1.09 bits per heavy atom. The van der Waals surface area contributed by atoms with Gasteiger partial charge in [0.2, 0.25) is 0 Å². The number of hydrogen-bond acceptors (Lipinski definition) is 6. The van der Waals surface area contributed by atoms with Gasteiger partial charge < -0.3 is 15.0 Å². The van der Waals surface area contributed by atoms with Crippen LogP contribution in [0.25, 0.3) is 16.8 Å². The molecule has 1 aliphatic heterocycles. The average Bonchev–Trinajstić information content (AvgIpc) is 2.82. The Morgan fingerprint density at radius 2 is 1.84 bits per heavy atom. The third-order valence-electron chi connectivity index (χ3n) is 5.25. The fourth-order valence-electron chi connectivity index (χ4n) is 3.63. The molecule has 160 valence electrons. The largest absolute Gasteiger partial charge is 0.378 e. The molecule has 1 saturated heterocycles. The standard InChI is InChI=1S/C24H20N4O4/c25-16-20(24(29)26-21-6-5-17-3-1-2-4-18(17)14-21)13-19-15-22(28(30)31)7-8-23(19)27-9-11-32-12-10-27/h1-8,13-15H,9-12H2,(H,26,29)/b20-13+. The van der Waals surface area contributed by atoms with E-state index in [-0.39, 0.29) is 11.3 Å². The van der Waals surface area contributed by atoms with Gasteiger partial charge in [-0.05, 0) is 35.0 Å². The van der Waals surface area contributed by atoms with Gasteiger partial charge in [-0.2, -0.15) is 5.26 Å². The van der Waals surface area contributed by atoms with Gasteiger partial charge in [0, 0.05) is 42.2 Å².